The molecule has 0 saturated heterocycles. The van der Waals surface area contributed by atoms with E-state index in [4.69, 9.17) is 12.2 Å². The summed E-state index contributed by atoms with van der Waals surface area (Å²) in [6.07, 6.45) is 0. The fourth-order valence-electron chi connectivity index (χ4n) is 1.22. The molecule has 0 aliphatic carbocycles. The summed E-state index contributed by atoms with van der Waals surface area (Å²) in [5.74, 6) is 0. The van der Waals surface area contributed by atoms with Crippen LogP contribution in [0.3, 0.4) is 0 Å². The SMILES string of the molecule is C[n+]1c(C=S)sc2ccccc21.[I-]. The fraction of sp³-hybridized carbons (Fsp3) is 0.111. The van der Waals surface area contributed by atoms with E-state index in [0.717, 1.165) is 5.01 Å². The topological polar surface area (TPSA) is 3.88 Å². The maximum absolute atomic E-state index is 4.91. The van der Waals surface area contributed by atoms with Gasteiger partial charge in [0.05, 0.1) is 5.37 Å². The molecule has 2 rings (SSSR count). The second kappa shape index (κ2) is 4.43. The Kier molecular flexibility index (Phi) is 3.75. The molecule has 68 valence electrons. The van der Waals surface area contributed by atoms with E-state index < -0.39 is 0 Å². The van der Waals surface area contributed by atoms with Crippen LogP contribution in [0.1, 0.15) is 5.01 Å². The van der Waals surface area contributed by atoms with E-state index in [-0.39, 0.29) is 24.0 Å². The molecule has 13 heavy (non-hydrogen) atoms. The molecular weight excluding hydrogens is 313 g/mol. The molecule has 1 heterocycles. The highest BCUT2D eigenvalue weighted by atomic mass is 127. The first-order chi connectivity index (χ1) is 5.83. The van der Waals surface area contributed by atoms with Crippen LogP contribution >= 0.6 is 23.6 Å². The number of aromatic nitrogens is 1. The summed E-state index contributed by atoms with van der Waals surface area (Å²) in [7, 11) is 2.04. The number of thiocarbonyl (C=S) groups is 1. The van der Waals surface area contributed by atoms with Gasteiger partial charge in [-0.2, -0.15) is 4.57 Å². The number of halogens is 1. The average molecular weight is 321 g/mol. The highest BCUT2D eigenvalue weighted by Gasteiger charge is 2.12. The lowest BCUT2D eigenvalue weighted by molar-refractivity contribution is -0.641. The van der Waals surface area contributed by atoms with Crippen LogP contribution in [0.15, 0.2) is 24.3 Å². The Morgan fingerprint density at radius 2 is 2.08 bits per heavy atom. The Morgan fingerprint density at radius 3 is 2.69 bits per heavy atom. The van der Waals surface area contributed by atoms with E-state index in [0.29, 0.717) is 0 Å². The lowest BCUT2D eigenvalue weighted by Gasteiger charge is -1.83. The summed E-state index contributed by atoms with van der Waals surface area (Å²) in [6, 6.07) is 8.31. The molecule has 0 saturated carbocycles. The van der Waals surface area contributed by atoms with Crippen molar-refractivity contribution in [2.24, 2.45) is 7.05 Å². The van der Waals surface area contributed by atoms with Gasteiger partial charge in [-0.1, -0.05) is 35.7 Å². The smallest absolute Gasteiger partial charge is 0.273 e. The van der Waals surface area contributed by atoms with E-state index >= 15 is 0 Å². The number of hydrogen-bond donors (Lipinski definition) is 0. The van der Waals surface area contributed by atoms with Gasteiger partial charge in [0.2, 0.25) is 5.52 Å². The van der Waals surface area contributed by atoms with E-state index in [2.05, 4.69) is 16.7 Å². The third-order valence-corrected chi connectivity index (χ3v) is 3.41. The largest absolute Gasteiger partial charge is 1.00 e. The van der Waals surface area contributed by atoms with E-state index in [9.17, 15) is 0 Å². The number of benzene rings is 1. The minimum atomic E-state index is 0. The zero-order valence-corrected chi connectivity index (χ0v) is 10.8. The number of aryl methyl sites for hydroxylation is 1. The normalized spacial score (nSPS) is 9.62. The first kappa shape index (κ1) is 11.0. The van der Waals surface area contributed by atoms with Crippen LogP contribution in [0, 0.1) is 0 Å². The third kappa shape index (κ3) is 1.89. The van der Waals surface area contributed by atoms with Gasteiger partial charge in [-0.3, -0.25) is 0 Å². The number of rotatable bonds is 1. The van der Waals surface area contributed by atoms with Crippen molar-refractivity contribution in [3.8, 4) is 0 Å². The number of para-hydroxylation sites is 1. The molecule has 1 aromatic heterocycles. The van der Waals surface area contributed by atoms with Gasteiger partial charge in [0.15, 0.2) is 0 Å². The molecule has 0 radical (unpaired) electrons. The summed E-state index contributed by atoms with van der Waals surface area (Å²) in [6.45, 7) is 0. The summed E-state index contributed by atoms with van der Waals surface area (Å²) in [4.78, 5) is 0. The summed E-state index contributed by atoms with van der Waals surface area (Å²) >= 11 is 6.64. The lowest BCUT2D eigenvalue weighted by atomic mass is 10.3. The summed E-state index contributed by atoms with van der Waals surface area (Å²) in [5, 5.41) is 2.86. The molecule has 0 amide bonds. The van der Waals surface area contributed by atoms with E-state index in [1.165, 1.54) is 10.2 Å². The van der Waals surface area contributed by atoms with Crippen molar-refractivity contribution in [1.29, 1.82) is 0 Å². The summed E-state index contributed by atoms with van der Waals surface area (Å²) in [5.41, 5.74) is 1.25. The molecule has 0 unspecified atom stereocenters. The highest BCUT2D eigenvalue weighted by Crippen LogP contribution is 2.17. The molecule has 0 N–H and O–H groups in total. The first-order valence-corrected chi connectivity index (χ1v) is 4.94. The lowest BCUT2D eigenvalue weighted by Crippen LogP contribution is -3.00. The second-order valence-corrected chi connectivity index (χ2v) is 3.88. The van der Waals surface area contributed by atoms with Crippen molar-refractivity contribution in [2.45, 2.75) is 0 Å². The number of nitrogens with zero attached hydrogens (tertiary/aromatic N) is 1. The molecular formula is C9H8INS2. The molecule has 0 fully saturated rings. The molecule has 0 aliphatic rings. The molecule has 0 spiro atoms. The minimum Gasteiger partial charge on any atom is -1.00 e. The van der Waals surface area contributed by atoms with Crippen LogP contribution in [0.5, 0.6) is 0 Å². The average Bonchev–Trinajstić information content (AvgIpc) is 2.44. The van der Waals surface area contributed by atoms with Crippen LogP contribution in [-0.4, -0.2) is 5.37 Å². The van der Waals surface area contributed by atoms with Crippen molar-refractivity contribution in [3.05, 3.63) is 29.3 Å². The van der Waals surface area contributed by atoms with Gasteiger partial charge in [-0.25, -0.2) is 0 Å². The zero-order valence-electron chi connectivity index (χ0n) is 7.03. The van der Waals surface area contributed by atoms with E-state index in [1.807, 2.05) is 19.2 Å². The first-order valence-electron chi connectivity index (χ1n) is 3.65. The van der Waals surface area contributed by atoms with Crippen molar-refractivity contribution in [3.63, 3.8) is 0 Å². The van der Waals surface area contributed by atoms with Crippen molar-refractivity contribution in [2.75, 3.05) is 0 Å². The minimum absolute atomic E-state index is 0. The number of thiazole rings is 1. The van der Waals surface area contributed by atoms with Crippen molar-refractivity contribution < 1.29 is 28.5 Å². The predicted molar refractivity (Wildman–Crippen MR) is 55.8 cm³/mol. The van der Waals surface area contributed by atoms with Gasteiger partial charge in [0.1, 0.15) is 11.7 Å². The monoisotopic (exact) mass is 321 g/mol. The zero-order chi connectivity index (χ0) is 8.55. The van der Waals surface area contributed by atoms with Gasteiger partial charge in [-0.15, -0.1) is 0 Å². The van der Waals surface area contributed by atoms with Gasteiger partial charge in [0, 0.05) is 6.07 Å². The van der Waals surface area contributed by atoms with Gasteiger partial charge >= 0.3 is 0 Å². The van der Waals surface area contributed by atoms with Crippen LogP contribution in [0.4, 0.5) is 0 Å². The Bertz CT molecular complexity index is 436. The van der Waals surface area contributed by atoms with E-state index in [1.54, 1.807) is 16.7 Å². The Hall–Kier alpha value is -0.0700. The quantitative estimate of drug-likeness (QED) is 0.373. The molecule has 1 aromatic carbocycles. The van der Waals surface area contributed by atoms with Crippen LogP contribution < -0.4 is 28.5 Å². The molecule has 1 nitrogen and oxygen atoms in total. The highest BCUT2D eigenvalue weighted by molar-refractivity contribution is 7.79. The Labute approximate surface area is 103 Å². The Balaban J connectivity index is 0.000000845. The van der Waals surface area contributed by atoms with Crippen LogP contribution in [0.2, 0.25) is 0 Å². The molecule has 0 aliphatic heterocycles. The van der Waals surface area contributed by atoms with Crippen LogP contribution in [-0.2, 0) is 7.05 Å². The maximum atomic E-state index is 4.91. The van der Waals surface area contributed by atoms with Gasteiger partial charge < -0.3 is 24.0 Å². The van der Waals surface area contributed by atoms with Crippen LogP contribution in [0.25, 0.3) is 10.2 Å². The number of hydrogen-bond acceptors (Lipinski definition) is 2. The Morgan fingerprint density at radius 1 is 1.38 bits per heavy atom. The molecule has 0 bridgehead atoms. The second-order valence-electron chi connectivity index (χ2n) is 2.58. The molecule has 0 atom stereocenters. The molecule has 2 aromatic rings. The maximum Gasteiger partial charge on any atom is 0.273 e. The van der Waals surface area contributed by atoms with Gasteiger partial charge in [0.25, 0.3) is 5.01 Å². The number of fused-ring (bicyclic) bond motifs is 1. The fourth-order valence-corrected chi connectivity index (χ4v) is 2.49. The molecule has 4 heteroatoms. The van der Waals surface area contributed by atoms with Crippen molar-refractivity contribution in [1.82, 2.24) is 0 Å². The summed E-state index contributed by atoms with van der Waals surface area (Å²) < 4.78 is 3.41. The third-order valence-electron chi connectivity index (χ3n) is 1.87. The standard InChI is InChI=1S/C9H8NS2.HI/c1-10-7-4-2-3-5-8(7)12-9(10)6-11;/h2-6H,1H3;1H/q+1;/p-1. The van der Waals surface area contributed by atoms with Gasteiger partial charge in [-0.05, 0) is 6.07 Å². The predicted octanol–water partition coefficient (Wildman–Crippen LogP) is -0.922. The van der Waals surface area contributed by atoms with Crippen molar-refractivity contribution >= 4 is 39.1 Å².